The molecule has 1 atom stereocenters. The molecule has 2 N–H and O–H groups in total. The predicted octanol–water partition coefficient (Wildman–Crippen LogP) is 3.41. The number of rotatable bonds is 5. The lowest BCUT2D eigenvalue weighted by atomic mass is 9.81. The van der Waals surface area contributed by atoms with E-state index in [0.29, 0.717) is 0 Å². The molecule has 0 saturated heterocycles. The van der Waals surface area contributed by atoms with Gasteiger partial charge in [-0.2, -0.15) is 0 Å². The highest BCUT2D eigenvalue weighted by Crippen LogP contribution is 2.30. The van der Waals surface area contributed by atoms with E-state index in [4.69, 9.17) is 10.5 Å². The molecule has 0 amide bonds. The van der Waals surface area contributed by atoms with Gasteiger partial charge < -0.3 is 10.5 Å². The van der Waals surface area contributed by atoms with Crippen LogP contribution in [0.2, 0.25) is 0 Å². The summed E-state index contributed by atoms with van der Waals surface area (Å²) in [6.07, 6.45) is 1.98. The fourth-order valence-corrected chi connectivity index (χ4v) is 2.11. The third-order valence-electron chi connectivity index (χ3n) is 3.03. The zero-order valence-corrected chi connectivity index (χ0v) is 11.5. The van der Waals surface area contributed by atoms with Crippen LogP contribution >= 0.6 is 0 Å². The average molecular weight is 235 g/mol. The zero-order chi connectivity index (χ0) is 12.9. The maximum Gasteiger partial charge on any atom is 0.0462 e. The quantitative estimate of drug-likeness (QED) is 0.794. The summed E-state index contributed by atoms with van der Waals surface area (Å²) in [5.41, 5.74) is 9.05. The van der Waals surface area contributed by atoms with Crippen LogP contribution in [0.15, 0.2) is 24.3 Å². The molecule has 2 nitrogen and oxygen atoms in total. The molecule has 1 unspecified atom stereocenters. The lowest BCUT2D eigenvalue weighted by Crippen LogP contribution is -2.20. The summed E-state index contributed by atoms with van der Waals surface area (Å²) < 4.78 is 5.07. The van der Waals surface area contributed by atoms with Crippen molar-refractivity contribution >= 4 is 0 Å². The van der Waals surface area contributed by atoms with Gasteiger partial charge in [0.15, 0.2) is 0 Å². The fraction of sp³-hybridized carbons (Fsp3) is 0.600. The first-order valence-electron chi connectivity index (χ1n) is 6.30. The van der Waals surface area contributed by atoms with Crippen LogP contribution in [0.3, 0.4) is 0 Å². The largest absolute Gasteiger partial charge is 0.385 e. The summed E-state index contributed by atoms with van der Waals surface area (Å²) in [5.74, 6) is 0. The molecule has 1 aromatic rings. The van der Waals surface area contributed by atoms with Crippen LogP contribution in [0, 0.1) is 0 Å². The minimum atomic E-state index is 0.112. The van der Waals surface area contributed by atoms with Gasteiger partial charge in [0.05, 0.1) is 0 Å². The van der Waals surface area contributed by atoms with E-state index in [0.717, 1.165) is 19.4 Å². The molecule has 0 fully saturated rings. The molecule has 0 heterocycles. The summed E-state index contributed by atoms with van der Waals surface area (Å²) in [6, 6.07) is 8.61. The molecule has 1 aromatic carbocycles. The lowest BCUT2D eigenvalue weighted by Gasteiger charge is -2.25. The summed E-state index contributed by atoms with van der Waals surface area (Å²) in [7, 11) is 1.73. The molecule has 0 radical (unpaired) electrons. The number of ether oxygens (including phenoxy) is 1. The highest BCUT2D eigenvalue weighted by Gasteiger charge is 2.20. The van der Waals surface area contributed by atoms with E-state index in [9.17, 15) is 0 Å². The lowest BCUT2D eigenvalue weighted by molar-refractivity contribution is 0.190. The molecule has 2 heteroatoms. The van der Waals surface area contributed by atoms with Crippen molar-refractivity contribution in [1.82, 2.24) is 0 Å². The van der Waals surface area contributed by atoms with Gasteiger partial charge in [0.2, 0.25) is 0 Å². The maximum atomic E-state index is 6.28. The van der Waals surface area contributed by atoms with Crippen LogP contribution in [0.1, 0.15) is 50.8 Å². The molecule has 0 saturated carbocycles. The number of methoxy groups -OCH3 is 1. The number of hydrogen-bond donors (Lipinski definition) is 1. The van der Waals surface area contributed by atoms with Gasteiger partial charge in [-0.05, 0) is 29.4 Å². The SMILES string of the molecule is COCCCC(N)c1ccccc1C(C)(C)C. The second kappa shape index (κ2) is 6.18. The molecule has 0 aromatic heterocycles. The van der Waals surface area contributed by atoms with Gasteiger partial charge in [-0.25, -0.2) is 0 Å². The van der Waals surface area contributed by atoms with Gasteiger partial charge >= 0.3 is 0 Å². The van der Waals surface area contributed by atoms with Crippen molar-refractivity contribution in [2.45, 2.75) is 45.1 Å². The Bertz CT molecular complexity index is 341. The van der Waals surface area contributed by atoms with Crippen LogP contribution < -0.4 is 5.73 Å². The van der Waals surface area contributed by atoms with Crippen molar-refractivity contribution in [3.8, 4) is 0 Å². The van der Waals surface area contributed by atoms with Crippen molar-refractivity contribution in [1.29, 1.82) is 0 Å². The standard InChI is InChI=1S/C15H25NO/c1-15(2,3)13-9-6-5-8-12(13)14(16)10-7-11-17-4/h5-6,8-9,14H,7,10-11,16H2,1-4H3. The maximum absolute atomic E-state index is 6.28. The monoisotopic (exact) mass is 235 g/mol. The first-order valence-corrected chi connectivity index (χ1v) is 6.30. The fourth-order valence-electron chi connectivity index (χ4n) is 2.11. The molecular formula is C15H25NO. The summed E-state index contributed by atoms with van der Waals surface area (Å²) in [5, 5.41) is 0. The van der Waals surface area contributed by atoms with Crippen molar-refractivity contribution in [3.63, 3.8) is 0 Å². The summed E-state index contributed by atoms with van der Waals surface area (Å²) in [6.45, 7) is 7.47. The van der Waals surface area contributed by atoms with Crippen LogP contribution in [0.4, 0.5) is 0 Å². The normalized spacial score (nSPS) is 13.7. The second-order valence-corrected chi connectivity index (χ2v) is 5.58. The highest BCUT2D eigenvalue weighted by molar-refractivity contribution is 5.34. The van der Waals surface area contributed by atoms with Crippen molar-refractivity contribution in [2.24, 2.45) is 5.73 Å². The first kappa shape index (κ1) is 14.2. The van der Waals surface area contributed by atoms with E-state index in [2.05, 4.69) is 45.0 Å². The van der Waals surface area contributed by atoms with E-state index >= 15 is 0 Å². The van der Waals surface area contributed by atoms with Gasteiger partial charge in [0.1, 0.15) is 0 Å². The molecule has 0 aliphatic rings. The Morgan fingerprint density at radius 3 is 2.47 bits per heavy atom. The minimum absolute atomic E-state index is 0.112. The van der Waals surface area contributed by atoms with Gasteiger partial charge in [0.25, 0.3) is 0 Å². The molecule has 0 aliphatic heterocycles. The Morgan fingerprint density at radius 2 is 1.88 bits per heavy atom. The van der Waals surface area contributed by atoms with E-state index in [1.54, 1.807) is 7.11 Å². The Hall–Kier alpha value is -0.860. The topological polar surface area (TPSA) is 35.2 Å². The van der Waals surface area contributed by atoms with Gasteiger partial charge in [-0.3, -0.25) is 0 Å². The van der Waals surface area contributed by atoms with Crippen LogP contribution in [0.25, 0.3) is 0 Å². The highest BCUT2D eigenvalue weighted by atomic mass is 16.5. The van der Waals surface area contributed by atoms with E-state index < -0.39 is 0 Å². The Balaban J connectivity index is 2.82. The molecule has 1 rings (SSSR count). The molecule has 96 valence electrons. The third-order valence-corrected chi connectivity index (χ3v) is 3.03. The number of benzene rings is 1. The van der Waals surface area contributed by atoms with E-state index in [1.807, 2.05) is 0 Å². The van der Waals surface area contributed by atoms with Crippen molar-refractivity contribution in [2.75, 3.05) is 13.7 Å². The Labute approximate surface area is 105 Å². The van der Waals surface area contributed by atoms with Gasteiger partial charge in [0, 0.05) is 19.8 Å². The first-order chi connectivity index (χ1) is 7.96. The third kappa shape index (κ3) is 4.14. The van der Waals surface area contributed by atoms with Crippen LogP contribution in [-0.2, 0) is 10.2 Å². The molecule has 0 aliphatic carbocycles. The van der Waals surface area contributed by atoms with Gasteiger partial charge in [-0.1, -0.05) is 45.0 Å². The average Bonchev–Trinajstić information content (AvgIpc) is 2.28. The van der Waals surface area contributed by atoms with Crippen molar-refractivity contribution < 1.29 is 4.74 Å². The molecule has 0 spiro atoms. The van der Waals surface area contributed by atoms with Crippen molar-refractivity contribution in [3.05, 3.63) is 35.4 Å². The van der Waals surface area contributed by atoms with Gasteiger partial charge in [-0.15, -0.1) is 0 Å². The minimum Gasteiger partial charge on any atom is -0.385 e. The zero-order valence-electron chi connectivity index (χ0n) is 11.5. The van der Waals surface area contributed by atoms with E-state index in [1.165, 1.54) is 11.1 Å². The Morgan fingerprint density at radius 1 is 1.24 bits per heavy atom. The summed E-state index contributed by atoms with van der Waals surface area (Å²) in [4.78, 5) is 0. The Kier molecular flexibility index (Phi) is 5.16. The molecular weight excluding hydrogens is 210 g/mol. The molecule has 0 bridgehead atoms. The second-order valence-electron chi connectivity index (χ2n) is 5.58. The number of hydrogen-bond acceptors (Lipinski definition) is 2. The van der Waals surface area contributed by atoms with Crippen LogP contribution in [0.5, 0.6) is 0 Å². The number of nitrogens with two attached hydrogens (primary N) is 1. The van der Waals surface area contributed by atoms with Crippen LogP contribution in [-0.4, -0.2) is 13.7 Å². The van der Waals surface area contributed by atoms with E-state index in [-0.39, 0.29) is 11.5 Å². The predicted molar refractivity (Wildman–Crippen MR) is 73.2 cm³/mol. The molecule has 17 heavy (non-hydrogen) atoms. The smallest absolute Gasteiger partial charge is 0.0462 e. The summed E-state index contributed by atoms with van der Waals surface area (Å²) >= 11 is 0.